The van der Waals surface area contributed by atoms with Gasteiger partial charge < -0.3 is 9.47 Å². The summed E-state index contributed by atoms with van der Waals surface area (Å²) in [6.45, 7) is 32.9. The van der Waals surface area contributed by atoms with Crippen LogP contribution in [0.5, 0.6) is 0 Å². The predicted octanol–water partition coefficient (Wildman–Crippen LogP) is 16.7. The van der Waals surface area contributed by atoms with Crippen LogP contribution >= 0.6 is 0 Å². The molecule has 0 N–H and O–H groups in total. The van der Waals surface area contributed by atoms with Gasteiger partial charge in [-0.15, -0.1) is 0 Å². The lowest BCUT2D eigenvalue weighted by Crippen LogP contribution is -2.27. The van der Waals surface area contributed by atoms with E-state index in [4.69, 9.17) is 9.47 Å². The van der Waals surface area contributed by atoms with E-state index in [-0.39, 0.29) is 24.9 Å². The van der Waals surface area contributed by atoms with Crippen LogP contribution in [-0.4, -0.2) is 34.5 Å². The van der Waals surface area contributed by atoms with Gasteiger partial charge in [-0.3, -0.25) is 4.98 Å². The molecule has 5 nitrogen and oxygen atoms in total. The Hall–Kier alpha value is -5.25. The summed E-state index contributed by atoms with van der Waals surface area (Å²) in [6.07, 6.45) is 11.4. The number of ether oxygens (including phenoxy) is 2. The largest absolute Gasteiger partial charge is 0.353 e. The summed E-state index contributed by atoms with van der Waals surface area (Å²) in [5.74, 6) is 2.26. The molecule has 0 radical (unpaired) electrons. The number of hydrogen-bond donors (Lipinski definition) is 0. The van der Waals surface area contributed by atoms with Crippen molar-refractivity contribution in [2.75, 3.05) is 13.2 Å². The van der Waals surface area contributed by atoms with E-state index in [0.717, 1.165) is 53.3 Å². The number of pyridine rings is 1. The van der Waals surface area contributed by atoms with Crippen LogP contribution in [0.2, 0.25) is 0 Å². The van der Waals surface area contributed by atoms with E-state index in [1.807, 2.05) is 85.3 Å². The van der Waals surface area contributed by atoms with Crippen LogP contribution in [-0.2, 0) is 9.47 Å². The molecular formula is C59H83F4N3O2. The SMILES string of the molecule is CC1CCC(C)CC1.CC1COC(C)OC1.Cc1cc(F)c(C)c(F)c1.Cc1ccc(C)c(F)c1.Cc1ccc(C)c(F)c1.Cc1ccc(C)cc1.Cc1ccc(C)nc1.Cc1cnc(C)nc1.[HH]. The lowest BCUT2D eigenvalue weighted by Gasteiger charge is -2.24. The molecule has 0 amide bonds. The van der Waals surface area contributed by atoms with Gasteiger partial charge in [0.25, 0.3) is 0 Å². The van der Waals surface area contributed by atoms with Gasteiger partial charge >= 0.3 is 0 Å². The van der Waals surface area contributed by atoms with Gasteiger partial charge in [0, 0.05) is 37.2 Å². The van der Waals surface area contributed by atoms with Gasteiger partial charge in [-0.05, 0) is 171 Å². The monoisotopic (exact) mass is 942 g/mol. The second kappa shape index (κ2) is 33.3. The summed E-state index contributed by atoms with van der Waals surface area (Å²) in [7, 11) is 0. The van der Waals surface area contributed by atoms with Crippen molar-refractivity contribution >= 4 is 0 Å². The van der Waals surface area contributed by atoms with Crippen LogP contribution in [0, 0.1) is 124 Å². The third kappa shape index (κ3) is 28.8. The molecule has 1 aliphatic carbocycles. The molecule has 6 aromatic rings. The summed E-state index contributed by atoms with van der Waals surface area (Å²) in [6, 6.07) is 25.6. The molecular weight excluding hydrogens is 859 g/mol. The molecule has 2 fully saturated rings. The molecule has 374 valence electrons. The molecule has 2 aliphatic rings. The van der Waals surface area contributed by atoms with Gasteiger partial charge in [0.1, 0.15) is 29.1 Å². The Bertz CT molecular complexity index is 2000. The van der Waals surface area contributed by atoms with E-state index in [1.54, 1.807) is 32.9 Å². The summed E-state index contributed by atoms with van der Waals surface area (Å²) in [4.78, 5) is 12.0. The zero-order valence-corrected chi connectivity index (χ0v) is 44.0. The van der Waals surface area contributed by atoms with E-state index < -0.39 is 11.6 Å². The number of rotatable bonds is 0. The van der Waals surface area contributed by atoms with E-state index in [0.29, 0.717) is 22.6 Å². The normalized spacial score (nSPS) is 16.6. The topological polar surface area (TPSA) is 57.1 Å². The minimum absolute atomic E-state index is 0. The zero-order valence-electron chi connectivity index (χ0n) is 44.0. The van der Waals surface area contributed by atoms with Crippen molar-refractivity contribution in [3.63, 3.8) is 0 Å². The minimum Gasteiger partial charge on any atom is -0.353 e. The van der Waals surface area contributed by atoms with E-state index in [9.17, 15) is 17.6 Å². The Morgan fingerprint density at radius 1 is 0.397 bits per heavy atom. The molecule has 1 saturated heterocycles. The fourth-order valence-corrected chi connectivity index (χ4v) is 5.93. The van der Waals surface area contributed by atoms with E-state index in [1.165, 1.54) is 73.6 Å². The number of aryl methyl sites for hydroxylation is 11. The highest BCUT2D eigenvalue weighted by atomic mass is 19.1. The summed E-state index contributed by atoms with van der Waals surface area (Å²) in [5.41, 5.74) is 10.1. The first-order valence-corrected chi connectivity index (χ1v) is 23.7. The maximum atomic E-state index is 12.6. The van der Waals surface area contributed by atoms with Gasteiger partial charge in [-0.2, -0.15) is 0 Å². The second-order valence-corrected chi connectivity index (χ2v) is 18.5. The number of nitrogens with zero attached hydrogens (tertiary/aromatic N) is 3. The number of benzene rings is 4. The quantitative estimate of drug-likeness (QED) is 0.142. The lowest BCUT2D eigenvalue weighted by molar-refractivity contribution is -0.187. The van der Waals surface area contributed by atoms with Crippen LogP contribution in [0.15, 0.2) is 104 Å². The maximum absolute atomic E-state index is 12.6. The number of aromatic nitrogens is 3. The highest BCUT2D eigenvalue weighted by Gasteiger charge is 2.14. The van der Waals surface area contributed by atoms with Crippen molar-refractivity contribution in [1.82, 2.24) is 15.0 Å². The third-order valence-electron chi connectivity index (χ3n) is 10.8. The van der Waals surface area contributed by atoms with Gasteiger partial charge in [-0.1, -0.05) is 112 Å². The van der Waals surface area contributed by atoms with Gasteiger partial charge in [0.05, 0.1) is 13.2 Å². The highest BCUT2D eigenvalue weighted by Crippen LogP contribution is 2.27. The Morgan fingerprint density at radius 3 is 1.06 bits per heavy atom. The van der Waals surface area contributed by atoms with Crippen molar-refractivity contribution in [2.24, 2.45) is 17.8 Å². The molecule has 1 aliphatic heterocycles. The fraction of sp³-hybridized carbons (Fsp3) is 0.441. The Kier molecular flexibility index (Phi) is 29.7. The van der Waals surface area contributed by atoms with Crippen molar-refractivity contribution in [1.29, 1.82) is 0 Å². The van der Waals surface area contributed by atoms with Crippen LogP contribution in [0.3, 0.4) is 0 Å². The predicted molar refractivity (Wildman–Crippen MR) is 278 cm³/mol. The molecule has 0 unspecified atom stereocenters. The first kappa shape index (κ1) is 60.8. The van der Waals surface area contributed by atoms with E-state index >= 15 is 0 Å². The molecule has 2 aromatic heterocycles. The van der Waals surface area contributed by atoms with Crippen LogP contribution in [0.4, 0.5) is 17.6 Å². The van der Waals surface area contributed by atoms with Crippen molar-refractivity contribution in [3.8, 4) is 0 Å². The minimum atomic E-state index is -0.475. The molecule has 0 spiro atoms. The van der Waals surface area contributed by atoms with Crippen molar-refractivity contribution in [3.05, 3.63) is 194 Å². The summed E-state index contributed by atoms with van der Waals surface area (Å²) >= 11 is 0. The highest BCUT2D eigenvalue weighted by molar-refractivity contribution is 5.24. The Balaban J connectivity index is 0.000000765. The van der Waals surface area contributed by atoms with Crippen LogP contribution < -0.4 is 0 Å². The first-order chi connectivity index (χ1) is 31.9. The van der Waals surface area contributed by atoms with Gasteiger partial charge in [0.15, 0.2) is 6.29 Å². The molecule has 0 atom stereocenters. The summed E-state index contributed by atoms with van der Waals surface area (Å²) in [5, 5.41) is 0. The second-order valence-electron chi connectivity index (χ2n) is 18.5. The summed E-state index contributed by atoms with van der Waals surface area (Å²) < 4.78 is 60.7. The first-order valence-electron chi connectivity index (χ1n) is 23.7. The molecule has 4 aromatic carbocycles. The maximum Gasteiger partial charge on any atom is 0.154 e. The fourth-order valence-electron chi connectivity index (χ4n) is 5.93. The number of hydrogen-bond acceptors (Lipinski definition) is 5. The van der Waals surface area contributed by atoms with Gasteiger partial charge in [0.2, 0.25) is 0 Å². The van der Waals surface area contributed by atoms with Crippen molar-refractivity contribution in [2.45, 2.75) is 143 Å². The third-order valence-corrected chi connectivity index (χ3v) is 10.8. The average Bonchev–Trinajstić information content (AvgIpc) is 3.29. The van der Waals surface area contributed by atoms with Gasteiger partial charge in [-0.25, -0.2) is 27.5 Å². The molecule has 8 rings (SSSR count). The Labute approximate surface area is 409 Å². The Morgan fingerprint density at radius 2 is 0.750 bits per heavy atom. The smallest absolute Gasteiger partial charge is 0.154 e. The lowest BCUT2D eigenvalue weighted by atomic mass is 9.84. The van der Waals surface area contributed by atoms with E-state index in [2.05, 4.69) is 79.9 Å². The standard InChI is InChI=1S/C8H8F2.2C8H9F.C8H16.C8H10.C7H9N.C6H8N2.C6H12O2.H2/c1-5-3-7(9)6(2)8(10)4-5;2*1-6-3-4-7(2)8(9)5-6;2*1-7-3-5-8(2)6-4-7;1-6-3-4-7(2)8-5-6;2*1-5-3-7-6(2)8-4-5;/h3-4H,1-2H3;2*3-5H,1-2H3;7-8H,3-6H2,1-2H3;3-6H,1-2H3;3-5H,1-2H3;3-4H,1-2H3;5-6H,3-4H2,1-2H3;1H. The molecule has 9 heteroatoms. The van der Waals surface area contributed by atoms with Crippen molar-refractivity contribution < 1.29 is 28.5 Å². The molecule has 0 bridgehead atoms. The van der Waals surface area contributed by atoms with Crippen LogP contribution in [0.1, 0.15) is 122 Å². The number of halogens is 4. The zero-order chi connectivity index (χ0) is 51.3. The average molecular weight is 942 g/mol. The molecule has 3 heterocycles. The molecule has 1 saturated carbocycles. The van der Waals surface area contributed by atoms with Crippen LogP contribution in [0.25, 0.3) is 0 Å². The molecule has 68 heavy (non-hydrogen) atoms.